The zero-order valence-corrected chi connectivity index (χ0v) is 10.7. The third kappa shape index (κ3) is 4.84. The van der Waals surface area contributed by atoms with Gasteiger partial charge in [0.1, 0.15) is 0 Å². The first kappa shape index (κ1) is 15.3. The number of nitrogens with zero attached hydrogens (tertiary/aromatic N) is 1. The van der Waals surface area contributed by atoms with Crippen LogP contribution >= 0.6 is 0 Å². The summed E-state index contributed by atoms with van der Waals surface area (Å²) in [5.41, 5.74) is 5.56. The van der Waals surface area contributed by atoms with E-state index in [2.05, 4.69) is 0 Å². The van der Waals surface area contributed by atoms with E-state index in [1.54, 1.807) is 0 Å². The van der Waals surface area contributed by atoms with Crippen LogP contribution in [0.1, 0.15) is 39.0 Å². The molecule has 0 aromatic rings. The van der Waals surface area contributed by atoms with E-state index in [0.29, 0.717) is 25.8 Å². The summed E-state index contributed by atoms with van der Waals surface area (Å²) in [5.74, 6) is -1.53. The number of hydrogen-bond donors (Lipinski definition) is 1. The average Bonchev–Trinajstić information content (AvgIpc) is 2.27. The highest BCUT2D eigenvalue weighted by molar-refractivity contribution is 5.76. The number of hydrogen-bond acceptors (Lipinski definition) is 2. The van der Waals surface area contributed by atoms with Gasteiger partial charge in [0.2, 0.25) is 5.91 Å². The molecular formula is C12H21F3N2O. The van der Waals surface area contributed by atoms with E-state index < -0.39 is 12.1 Å². The normalized spacial score (nSPS) is 22.9. The number of piperidine rings is 1. The number of carbonyl (C=O) groups excluding carboxylic acids is 1. The minimum atomic E-state index is -4.19. The molecule has 2 N–H and O–H groups in total. The van der Waals surface area contributed by atoms with Gasteiger partial charge in [-0.1, -0.05) is 0 Å². The monoisotopic (exact) mass is 266 g/mol. The van der Waals surface area contributed by atoms with Crippen LogP contribution < -0.4 is 5.73 Å². The number of nitrogens with two attached hydrogens (primary N) is 1. The van der Waals surface area contributed by atoms with Crippen molar-refractivity contribution in [2.45, 2.75) is 51.2 Å². The van der Waals surface area contributed by atoms with Crippen LogP contribution in [-0.2, 0) is 4.79 Å². The zero-order valence-electron chi connectivity index (χ0n) is 10.7. The Hall–Kier alpha value is -0.780. The minimum Gasteiger partial charge on any atom is -0.342 e. The lowest BCUT2D eigenvalue weighted by molar-refractivity contribution is -0.188. The molecule has 0 spiro atoms. The third-order valence-electron chi connectivity index (χ3n) is 3.29. The highest BCUT2D eigenvalue weighted by atomic mass is 19.4. The van der Waals surface area contributed by atoms with Crippen LogP contribution in [0.25, 0.3) is 0 Å². The van der Waals surface area contributed by atoms with E-state index in [4.69, 9.17) is 5.73 Å². The van der Waals surface area contributed by atoms with E-state index >= 15 is 0 Å². The molecule has 1 aliphatic rings. The molecule has 1 saturated heterocycles. The maximum Gasteiger partial charge on any atom is 0.393 e. The lowest BCUT2D eigenvalue weighted by Crippen LogP contribution is -2.44. The standard InChI is InChI=1S/C12H21F3N2O/c1-9(16)4-2-6-11(18)17-7-3-5-10(8-17)12(13,14)15/h9-10H,2-8,16H2,1H3. The Morgan fingerprint density at radius 2 is 2.17 bits per heavy atom. The summed E-state index contributed by atoms with van der Waals surface area (Å²) >= 11 is 0. The van der Waals surface area contributed by atoms with Crippen LogP contribution in [0, 0.1) is 5.92 Å². The fraction of sp³-hybridized carbons (Fsp3) is 0.917. The predicted molar refractivity (Wildman–Crippen MR) is 62.9 cm³/mol. The topological polar surface area (TPSA) is 46.3 Å². The highest BCUT2D eigenvalue weighted by Gasteiger charge is 2.42. The summed E-state index contributed by atoms with van der Waals surface area (Å²) in [5, 5.41) is 0. The van der Waals surface area contributed by atoms with Gasteiger partial charge in [-0.25, -0.2) is 0 Å². The molecule has 0 aromatic heterocycles. The largest absolute Gasteiger partial charge is 0.393 e. The first-order valence-electron chi connectivity index (χ1n) is 6.40. The van der Waals surface area contributed by atoms with Gasteiger partial charge in [-0.3, -0.25) is 4.79 Å². The number of amides is 1. The van der Waals surface area contributed by atoms with Crippen molar-refractivity contribution in [2.75, 3.05) is 13.1 Å². The summed E-state index contributed by atoms with van der Waals surface area (Å²) < 4.78 is 37.7. The molecule has 0 aliphatic carbocycles. The van der Waals surface area contributed by atoms with Crippen molar-refractivity contribution in [1.29, 1.82) is 0 Å². The van der Waals surface area contributed by atoms with E-state index in [0.717, 1.165) is 6.42 Å². The Balaban J connectivity index is 2.39. The number of likely N-dealkylation sites (tertiary alicyclic amines) is 1. The molecule has 18 heavy (non-hydrogen) atoms. The smallest absolute Gasteiger partial charge is 0.342 e. The first-order chi connectivity index (χ1) is 8.30. The van der Waals surface area contributed by atoms with E-state index in [1.165, 1.54) is 4.90 Å². The molecule has 1 rings (SSSR count). The summed E-state index contributed by atoms with van der Waals surface area (Å²) in [4.78, 5) is 13.1. The van der Waals surface area contributed by atoms with Crippen LogP contribution in [0.2, 0.25) is 0 Å². The molecular weight excluding hydrogens is 245 g/mol. The number of alkyl halides is 3. The second kappa shape index (κ2) is 6.41. The molecule has 1 fully saturated rings. The molecule has 0 saturated carbocycles. The average molecular weight is 266 g/mol. The van der Waals surface area contributed by atoms with E-state index in [-0.39, 0.29) is 24.9 Å². The molecule has 0 aromatic carbocycles. The van der Waals surface area contributed by atoms with Gasteiger partial charge in [0, 0.05) is 25.6 Å². The minimum absolute atomic E-state index is 0.0297. The predicted octanol–water partition coefficient (Wildman–Crippen LogP) is 2.30. The molecule has 3 nitrogen and oxygen atoms in total. The number of carbonyl (C=O) groups is 1. The summed E-state index contributed by atoms with van der Waals surface area (Å²) in [6.07, 6.45) is -1.96. The SMILES string of the molecule is CC(N)CCCC(=O)N1CCCC(C(F)(F)F)C1. The molecule has 0 radical (unpaired) electrons. The van der Waals surface area contributed by atoms with Crippen molar-refractivity contribution < 1.29 is 18.0 Å². The molecule has 2 unspecified atom stereocenters. The van der Waals surface area contributed by atoms with Gasteiger partial charge in [0.15, 0.2) is 0 Å². The quantitative estimate of drug-likeness (QED) is 0.848. The van der Waals surface area contributed by atoms with Crippen LogP contribution in [0.3, 0.4) is 0 Å². The van der Waals surface area contributed by atoms with Gasteiger partial charge in [0.25, 0.3) is 0 Å². The van der Waals surface area contributed by atoms with Gasteiger partial charge in [-0.15, -0.1) is 0 Å². The number of rotatable bonds is 4. The number of halogens is 3. The van der Waals surface area contributed by atoms with E-state index in [1.807, 2.05) is 6.92 Å². The van der Waals surface area contributed by atoms with Crippen molar-refractivity contribution in [2.24, 2.45) is 11.7 Å². The maximum absolute atomic E-state index is 12.6. The second-order valence-corrected chi connectivity index (χ2v) is 5.09. The molecule has 106 valence electrons. The molecule has 2 atom stereocenters. The first-order valence-corrected chi connectivity index (χ1v) is 6.40. The van der Waals surface area contributed by atoms with Crippen molar-refractivity contribution in [1.82, 2.24) is 4.90 Å². The molecule has 0 bridgehead atoms. The van der Waals surface area contributed by atoms with Gasteiger partial charge >= 0.3 is 6.18 Å². The van der Waals surface area contributed by atoms with Gasteiger partial charge in [-0.2, -0.15) is 13.2 Å². The van der Waals surface area contributed by atoms with E-state index in [9.17, 15) is 18.0 Å². The van der Waals surface area contributed by atoms with Crippen LogP contribution in [0.15, 0.2) is 0 Å². The van der Waals surface area contributed by atoms with Gasteiger partial charge in [-0.05, 0) is 32.6 Å². The summed E-state index contributed by atoms with van der Waals surface area (Å²) in [6.45, 7) is 2.12. The lowest BCUT2D eigenvalue weighted by atomic mass is 9.97. The highest BCUT2D eigenvalue weighted by Crippen LogP contribution is 2.33. The van der Waals surface area contributed by atoms with Crippen molar-refractivity contribution in [3.05, 3.63) is 0 Å². The van der Waals surface area contributed by atoms with Crippen LogP contribution in [-0.4, -0.2) is 36.1 Å². The van der Waals surface area contributed by atoms with Crippen molar-refractivity contribution in [3.63, 3.8) is 0 Å². The molecule has 1 heterocycles. The Morgan fingerprint density at radius 1 is 1.50 bits per heavy atom. The fourth-order valence-electron chi connectivity index (χ4n) is 2.20. The van der Waals surface area contributed by atoms with Crippen LogP contribution in [0.5, 0.6) is 0 Å². The Labute approximate surface area is 106 Å². The molecule has 6 heteroatoms. The Morgan fingerprint density at radius 3 is 2.72 bits per heavy atom. The summed E-state index contributed by atoms with van der Waals surface area (Å²) in [7, 11) is 0. The van der Waals surface area contributed by atoms with Crippen molar-refractivity contribution in [3.8, 4) is 0 Å². The molecule has 1 amide bonds. The third-order valence-corrected chi connectivity index (χ3v) is 3.29. The summed E-state index contributed by atoms with van der Waals surface area (Å²) in [6, 6.07) is 0.0297. The van der Waals surface area contributed by atoms with Gasteiger partial charge < -0.3 is 10.6 Å². The second-order valence-electron chi connectivity index (χ2n) is 5.09. The van der Waals surface area contributed by atoms with Gasteiger partial charge in [0.05, 0.1) is 5.92 Å². The Bertz CT molecular complexity index is 279. The molecule has 1 aliphatic heterocycles. The van der Waals surface area contributed by atoms with Crippen LogP contribution in [0.4, 0.5) is 13.2 Å². The zero-order chi connectivity index (χ0) is 13.8. The fourth-order valence-corrected chi connectivity index (χ4v) is 2.20. The van der Waals surface area contributed by atoms with Crippen molar-refractivity contribution >= 4 is 5.91 Å². The Kier molecular flexibility index (Phi) is 5.44. The lowest BCUT2D eigenvalue weighted by Gasteiger charge is -2.33. The maximum atomic E-state index is 12.6.